The van der Waals surface area contributed by atoms with Crippen molar-refractivity contribution in [3.05, 3.63) is 33.8 Å². The molecule has 0 heterocycles. The molecule has 1 aromatic carbocycles. The van der Waals surface area contributed by atoms with Gasteiger partial charge in [-0.3, -0.25) is 0 Å². The van der Waals surface area contributed by atoms with E-state index < -0.39 is 0 Å². The number of nitrogens with zero attached hydrogens (tertiary/aromatic N) is 1. The third kappa shape index (κ3) is 3.88. The molecule has 1 aromatic rings. The van der Waals surface area contributed by atoms with Gasteiger partial charge in [-0.15, -0.1) is 0 Å². The van der Waals surface area contributed by atoms with Gasteiger partial charge in [0.1, 0.15) is 0 Å². The van der Waals surface area contributed by atoms with E-state index in [1.165, 1.54) is 12.8 Å². The zero-order valence-electron chi connectivity index (χ0n) is 12.5. The van der Waals surface area contributed by atoms with Crippen LogP contribution in [0.25, 0.3) is 0 Å². The van der Waals surface area contributed by atoms with Gasteiger partial charge in [0.25, 0.3) is 0 Å². The van der Waals surface area contributed by atoms with Gasteiger partial charge in [0, 0.05) is 12.1 Å². The van der Waals surface area contributed by atoms with Crippen molar-refractivity contribution in [1.82, 2.24) is 10.2 Å². The Hall–Kier alpha value is -0.280. The molecule has 2 rings (SSSR count). The summed E-state index contributed by atoms with van der Waals surface area (Å²) >= 11 is 12.4. The molecule has 1 aliphatic rings. The average Bonchev–Trinajstić information content (AvgIpc) is 3.27. The van der Waals surface area contributed by atoms with Crippen LogP contribution in [0.3, 0.4) is 0 Å². The van der Waals surface area contributed by atoms with E-state index in [2.05, 4.69) is 30.3 Å². The van der Waals surface area contributed by atoms with E-state index in [1.807, 2.05) is 19.2 Å². The van der Waals surface area contributed by atoms with Crippen LogP contribution in [-0.4, -0.2) is 31.6 Å². The van der Waals surface area contributed by atoms with Gasteiger partial charge in [0.15, 0.2) is 0 Å². The van der Waals surface area contributed by atoms with E-state index in [-0.39, 0.29) is 6.04 Å². The minimum absolute atomic E-state index is 0.245. The van der Waals surface area contributed by atoms with E-state index in [0.717, 1.165) is 24.4 Å². The van der Waals surface area contributed by atoms with E-state index in [1.54, 1.807) is 0 Å². The van der Waals surface area contributed by atoms with Gasteiger partial charge < -0.3 is 10.2 Å². The van der Waals surface area contributed by atoms with Crippen molar-refractivity contribution in [2.45, 2.75) is 38.3 Å². The molecular formula is C16H24Cl2N2. The summed E-state index contributed by atoms with van der Waals surface area (Å²) in [6.07, 6.45) is 3.81. The van der Waals surface area contributed by atoms with Crippen LogP contribution in [0.2, 0.25) is 10.0 Å². The maximum Gasteiger partial charge on any atom is 0.0640 e. The summed E-state index contributed by atoms with van der Waals surface area (Å²) in [4.78, 5) is 2.46. The largest absolute Gasteiger partial charge is 0.313 e. The first-order chi connectivity index (χ1) is 9.54. The second-order valence-corrected chi connectivity index (χ2v) is 6.62. The lowest BCUT2D eigenvalue weighted by atomic mass is 10.0. The molecule has 20 heavy (non-hydrogen) atoms. The second-order valence-electron chi connectivity index (χ2n) is 5.83. The zero-order chi connectivity index (χ0) is 14.7. The van der Waals surface area contributed by atoms with Gasteiger partial charge in [0.2, 0.25) is 0 Å². The Morgan fingerprint density at radius 2 is 2.05 bits per heavy atom. The first-order valence-corrected chi connectivity index (χ1v) is 8.11. The third-order valence-corrected chi connectivity index (χ3v) is 5.31. The molecule has 0 saturated heterocycles. The summed E-state index contributed by atoms with van der Waals surface area (Å²) in [5, 5.41) is 4.66. The Labute approximate surface area is 132 Å². The fraction of sp³-hybridized carbons (Fsp3) is 0.625. The maximum absolute atomic E-state index is 6.32. The van der Waals surface area contributed by atoms with Crippen molar-refractivity contribution in [2.24, 2.45) is 5.92 Å². The Bertz CT molecular complexity index is 446. The van der Waals surface area contributed by atoms with Crippen molar-refractivity contribution >= 4 is 23.2 Å². The minimum atomic E-state index is 0.245. The van der Waals surface area contributed by atoms with Crippen LogP contribution < -0.4 is 5.32 Å². The SMILES string of the molecule is CNC(CCN(C)C(C)C1CC1)c1cccc(Cl)c1Cl. The predicted octanol–water partition coefficient (Wildman–Crippen LogP) is 4.37. The number of halogens is 2. The Kier molecular flexibility index (Phi) is 5.74. The number of nitrogens with one attached hydrogen (secondary N) is 1. The highest BCUT2D eigenvalue weighted by molar-refractivity contribution is 6.42. The van der Waals surface area contributed by atoms with Crippen LogP contribution in [0.15, 0.2) is 18.2 Å². The van der Waals surface area contributed by atoms with Crippen molar-refractivity contribution in [3.8, 4) is 0 Å². The van der Waals surface area contributed by atoms with Crippen LogP contribution in [0.5, 0.6) is 0 Å². The van der Waals surface area contributed by atoms with E-state index >= 15 is 0 Å². The van der Waals surface area contributed by atoms with Crippen molar-refractivity contribution in [2.75, 3.05) is 20.6 Å². The highest BCUT2D eigenvalue weighted by Gasteiger charge is 2.30. The highest BCUT2D eigenvalue weighted by Crippen LogP contribution is 2.35. The molecule has 4 heteroatoms. The fourth-order valence-electron chi connectivity index (χ4n) is 2.72. The number of rotatable bonds is 7. The standard InChI is InChI=1S/C16H24Cl2N2/c1-11(12-7-8-12)20(3)10-9-15(19-2)13-5-4-6-14(17)16(13)18/h4-6,11-12,15,19H,7-10H2,1-3H3. The predicted molar refractivity (Wildman–Crippen MR) is 87.7 cm³/mol. The summed E-state index contributed by atoms with van der Waals surface area (Å²) in [6.45, 7) is 3.39. The molecule has 0 aromatic heterocycles. The van der Waals surface area contributed by atoms with Crippen molar-refractivity contribution in [3.63, 3.8) is 0 Å². The second kappa shape index (κ2) is 7.13. The number of benzene rings is 1. The summed E-state index contributed by atoms with van der Waals surface area (Å²) in [5.41, 5.74) is 1.09. The average molecular weight is 315 g/mol. The van der Waals surface area contributed by atoms with Gasteiger partial charge in [-0.25, -0.2) is 0 Å². The molecule has 0 radical (unpaired) electrons. The topological polar surface area (TPSA) is 15.3 Å². The lowest BCUT2D eigenvalue weighted by Crippen LogP contribution is -2.33. The summed E-state index contributed by atoms with van der Waals surface area (Å²) in [7, 11) is 4.20. The van der Waals surface area contributed by atoms with Crippen LogP contribution >= 0.6 is 23.2 Å². The summed E-state index contributed by atoms with van der Waals surface area (Å²) in [6, 6.07) is 6.78. The van der Waals surface area contributed by atoms with Gasteiger partial charge in [-0.05, 0) is 64.4 Å². The quantitative estimate of drug-likeness (QED) is 0.803. The Morgan fingerprint density at radius 3 is 2.65 bits per heavy atom. The molecule has 112 valence electrons. The van der Waals surface area contributed by atoms with Crippen LogP contribution in [0.4, 0.5) is 0 Å². The molecule has 0 amide bonds. The normalized spacial score (nSPS) is 18.3. The van der Waals surface area contributed by atoms with Crippen molar-refractivity contribution < 1.29 is 0 Å². The van der Waals surface area contributed by atoms with E-state index in [0.29, 0.717) is 16.1 Å². The Morgan fingerprint density at radius 1 is 1.35 bits per heavy atom. The maximum atomic E-state index is 6.32. The van der Waals surface area contributed by atoms with Gasteiger partial charge in [-0.2, -0.15) is 0 Å². The van der Waals surface area contributed by atoms with Crippen molar-refractivity contribution in [1.29, 1.82) is 0 Å². The first-order valence-electron chi connectivity index (χ1n) is 7.36. The molecule has 0 bridgehead atoms. The molecule has 2 unspecified atom stereocenters. The van der Waals surface area contributed by atoms with Crippen LogP contribution in [0.1, 0.15) is 37.8 Å². The molecule has 2 nitrogen and oxygen atoms in total. The first kappa shape index (κ1) is 16.1. The lowest BCUT2D eigenvalue weighted by Gasteiger charge is -2.27. The molecule has 1 fully saturated rings. The minimum Gasteiger partial charge on any atom is -0.313 e. The molecule has 2 atom stereocenters. The molecule has 1 N–H and O–H groups in total. The molecule has 1 aliphatic carbocycles. The zero-order valence-corrected chi connectivity index (χ0v) is 14.0. The highest BCUT2D eigenvalue weighted by atomic mass is 35.5. The fourth-order valence-corrected chi connectivity index (χ4v) is 3.16. The third-order valence-electron chi connectivity index (χ3n) is 4.48. The van der Waals surface area contributed by atoms with E-state index in [9.17, 15) is 0 Å². The van der Waals surface area contributed by atoms with Gasteiger partial charge in [0.05, 0.1) is 10.0 Å². The number of hydrogen-bond acceptors (Lipinski definition) is 2. The molecule has 0 spiro atoms. The molecule has 0 aliphatic heterocycles. The Balaban J connectivity index is 1.96. The van der Waals surface area contributed by atoms with Gasteiger partial charge in [-0.1, -0.05) is 35.3 Å². The lowest BCUT2D eigenvalue weighted by molar-refractivity contribution is 0.223. The van der Waals surface area contributed by atoms with Crippen LogP contribution in [0, 0.1) is 5.92 Å². The molecular weight excluding hydrogens is 291 g/mol. The number of hydrogen-bond donors (Lipinski definition) is 1. The monoisotopic (exact) mass is 314 g/mol. The van der Waals surface area contributed by atoms with Crippen LogP contribution in [-0.2, 0) is 0 Å². The smallest absolute Gasteiger partial charge is 0.0640 e. The molecule has 1 saturated carbocycles. The van der Waals surface area contributed by atoms with E-state index in [4.69, 9.17) is 23.2 Å². The summed E-state index contributed by atoms with van der Waals surface area (Å²) < 4.78 is 0. The van der Waals surface area contributed by atoms with Gasteiger partial charge >= 0.3 is 0 Å². The summed E-state index contributed by atoms with van der Waals surface area (Å²) in [5.74, 6) is 0.905.